The maximum absolute atomic E-state index is 12.5. The molecule has 1 aromatic carbocycles. The van der Waals surface area contributed by atoms with Crippen molar-refractivity contribution in [2.24, 2.45) is 0 Å². The maximum atomic E-state index is 12.5. The van der Waals surface area contributed by atoms with Crippen LogP contribution in [0.2, 0.25) is 0 Å². The Morgan fingerprint density at radius 1 is 1.19 bits per heavy atom. The molecule has 0 unspecified atom stereocenters. The van der Waals surface area contributed by atoms with Crippen LogP contribution < -0.4 is 5.32 Å². The van der Waals surface area contributed by atoms with Gasteiger partial charge in [0.05, 0.1) is 6.42 Å². The number of nitrogens with one attached hydrogen (secondary N) is 1. The van der Waals surface area contributed by atoms with Crippen LogP contribution in [-0.2, 0) is 9.59 Å². The molecule has 1 N–H and O–H groups in total. The molecule has 0 spiro atoms. The summed E-state index contributed by atoms with van der Waals surface area (Å²) in [7, 11) is 0. The van der Waals surface area contributed by atoms with E-state index in [0.29, 0.717) is 0 Å². The van der Waals surface area contributed by atoms with Crippen molar-refractivity contribution in [2.45, 2.75) is 13.3 Å². The van der Waals surface area contributed by atoms with Gasteiger partial charge in [-0.1, -0.05) is 0 Å². The van der Waals surface area contributed by atoms with E-state index in [0.717, 1.165) is 12.1 Å². The molecule has 16 heavy (non-hydrogen) atoms. The minimum atomic E-state index is -0.665. The van der Waals surface area contributed by atoms with Gasteiger partial charge in [-0.25, -0.2) is 4.39 Å². The van der Waals surface area contributed by atoms with Crippen LogP contribution in [0.5, 0.6) is 0 Å². The van der Waals surface area contributed by atoms with Crippen molar-refractivity contribution in [3.8, 4) is 0 Å². The van der Waals surface area contributed by atoms with Crippen LogP contribution in [-0.4, -0.2) is 17.6 Å². The molecular formula is C11H10FNO3. The lowest BCUT2D eigenvalue weighted by Gasteiger charge is -2.02. The molecule has 0 aliphatic carbocycles. The van der Waals surface area contributed by atoms with E-state index in [1.165, 1.54) is 19.1 Å². The summed E-state index contributed by atoms with van der Waals surface area (Å²) < 4.78 is 12.5. The van der Waals surface area contributed by atoms with Crippen molar-refractivity contribution in [1.82, 2.24) is 5.32 Å². The summed E-state index contributed by atoms with van der Waals surface area (Å²) in [6, 6.07) is 4.74. The van der Waals surface area contributed by atoms with E-state index >= 15 is 0 Å². The third kappa shape index (κ3) is 3.61. The molecule has 0 fully saturated rings. The predicted octanol–water partition coefficient (Wildman–Crippen LogP) is 1.06. The Labute approximate surface area is 91.5 Å². The van der Waals surface area contributed by atoms with Gasteiger partial charge in [-0.15, -0.1) is 0 Å². The van der Waals surface area contributed by atoms with Gasteiger partial charge in [0, 0.05) is 5.56 Å². The average Bonchev–Trinajstić information content (AvgIpc) is 2.16. The molecule has 1 rings (SSSR count). The number of Topliss-reactive ketones (excluding diaryl/α,β-unsaturated/α-hetero) is 1. The van der Waals surface area contributed by atoms with Crippen molar-refractivity contribution in [2.75, 3.05) is 0 Å². The monoisotopic (exact) mass is 223 g/mol. The van der Waals surface area contributed by atoms with Crippen molar-refractivity contribution < 1.29 is 18.8 Å². The zero-order chi connectivity index (χ0) is 12.1. The smallest absolute Gasteiger partial charge is 0.257 e. The van der Waals surface area contributed by atoms with E-state index in [1.54, 1.807) is 0 Å². The fraction of sp³-hybridized carbons (Fsp3) is 0.182. The normalized spacial score (nSPS) is 9.62. The van der Waals surface area contributed by atoms with Gasteiger partial charge < -0.3 is 0 Å². The standard InChI is InChI=1S/C11H10FNO3/c1-7(14)6-10(15)13-11(16)8-2-4-9(12)5-3-8/h2-5H,6H2,1H3,(H,13,15,16). The van der Waals surface area contributed by atoms with E-state index in [2.05, 4.69) is 0 Å². The highest BCUT2D eigenvalue weighted by Gasteiger charge is 2.11. The molecule has 84 valence electrons. The summed E-state index contributed by atoms with van der Waals surface area (Å²) in [5.74, 6) is -2.11. The van der Waals surface area contributed by atoms with Gasteiger partial charge in [0.1, 0.15) is 11.6 Å². The van der Waals surface area contributed by atoms with Crippen molar-refractivity contribution in [3.63, 3.8) is 0 Å². The molecule has 0 radical (unpaired) electrons. The number of ketones is 1. The average molecular weight is 223 g/mol. The number of rotatable bonds is 3. The van der Waals surface area contributed by atoms with E-state index in [1.807, 2.05) is 5.32 Å². The Kier molecular flexibility index (Phi) is 3.88. The second-order valence-corrected chi connectivity index (χ2v) is 3.26. The lowest BCUT2D eigenvalue weighted by atomic mass is 10.2. The zero-order valence-corrected chi connectivity index (χ0v) is 8.62. The quantitative estimate of drug-likeness (QED) is 0.779. The van der Waals surface area contributed by atoms with Gasteiger partial charge in [-0.05, 0) is 31.2 Å². The van der Waals surface area contributed by atoms with E-state index in [4.69, 9.17) is 0 Å². The van der Waals surface area contributed by atoms with Gasteiger partial charge in [0.2, 0.25) is 5.91 Å². The highest BCUT2D eigenvalue weighted by molar-refractivity contribution is 6.09. The molecule has 0 heterocycles. The molecule has 2 amide bonds. The van der Waals surface area contributed by atoms with Crippen LogP contribution >= 0.6 is 0 Å². The highest BCUT2D eigenvalue weighted by atomic mass is 19.1. The minimum absolute atomic E-state index is 0.165. The SMILES string of the molecule is CC(=O)CC(=O)NC(=O)c1ccc(F)cc1. The van der Waals surface area contributed by atoms with Gasteiger partial charge in [-0.2, -0.15) is 0 Å². The molecule has 0 aromatic heterocycles. The lowest BCUT2D eigenvalue weighted by molar-refractivity contribution is -0.126. The zero-order valence-electron chi connectivity index (χ0n) is 8.62. The van der Waals surface area contributed by atoms with E-state index < -0.39 is 17.6 Å². The second-order valence-electron chi connectivity index (χ2n) is 3.26. The number of carbonyl (C=O) groups is 3. The Hall–Kier alpha value is -2.04. The predicted molar refractivity (Wildman–Crippen MR) is 54.2 cm³/mol. The Balaban J connectivity index is 2.62. The number of carbonyl (C=O) groups excluding carboxylic acids is 3. The Morgan fingerprint density at radius 3 is 2.25 bits per heavy atom. The van der Waals surface area contributed by atoms with E-state index in [-0.39, 0.29) is 17.8 Å². The van der Waals surface area contributed by atoms with Crippen LogP contribution in [0.4, 0.5) is 4.39 Å². The first-order chi connectivity index (χ1) is 7.49. The van der Waals surface area contributed by atoms with Crippen LogP contribution in [0.3, 0.4) is 0 Å². The summed E-state index contributed by atoms with van der Waals surface area (Å²) in [5.41, 5.74) is 0.165. The number of imide groups is 1. The third-order valence-corrected chi connectivity index (χ3v) is 1.77. The number of amides is 2. The van der Waals surface area contributed by atoms with E-state index in [9.17, 15) is 18.8 Å². The van der Waals surface area contributed by atoms with Gasteiger partial charge in [0.25, 0.3) is 5.91 Å². The van der Waals surface area contributed by atoms with Crippen molar-refractivity contribution in [3.05, 3.63) is 35.6 Å². The summed E-state index contributed by atoms with van der Waals surface area (Å²) >= 11 is 0. The first kappa shape index (κ1) is 12.0. The minimum Gasteiger partial charge on any atom is -0.299 e. The highest BCUT2D eigenvalue weighted by Crippen LogP contribution is 2.02. The molecule has 5 heteroatoms. The van der Waals surface area contributed by atoms with Crippen LogP contribution in [0.15, 0.2) is 24.3 Å². The van der Waals surface area contributed by atoms with Gasteiger partial charge >= 0.3 is 0 Å². The molecule has 0 saturated heterocycles. The third-order valence-electron chi connectivity index (χ3n) is 1.77. The number of halogens is 1. The summed E-state index contributed by atoms with van der Waals surface area (Å²) in [6.07, 6.45) is -0.340. The topological polar surface area (TPSA) is 63.2 Å². The van der Waals surface area contributed by atoms with Crippen molar-refractivity contribution in [1.29, 1.82) is 0 Å². The molecule has 0 bridgehead atoms. The molecule has 0 saturated carbocycles. The molecule has 0 aliphatic heterocycles. The van der Waals surface area contributed by atoms with Crippen LogP contribution in [0.1, 0.15) is 23.7 Å². The Bertz CT molecular complexity index is 425. The molecule has 1 aromatic rings. The summed E-state index contributed by atoms with van der Waals surface area (Å²) in [5, 5.41) is 2.03. The van der Waals surface area contributed by atoms with Crippen LogP contribution in [0, 0.1) is 5.82 Å². The first-order valence-electron chi connectivity index (χ1n) is 4.58. The van der Waals surface area contributed by atoms with Gasteiger partial charge in [0.15, 0.2) is 0 Å². The van der Waals surface area contributed by atoms with Gasteiger partial charge in [-0.3, -0.25) is 19.7 Å². The first-order valence-corrected chi connectivity index (χ1v) is 4.58. The number of benzene rings is 1. The fourth-order valence-corrected chi connectivity index (χ4v) is 1.07. The number of hydrogen-bond donors (Lipinski definition) is 1. The summed E-state index contributed by atoms with van der Waals surface area (Å²) in [6.45, 7) is 1.25. The summed E-state index contributed by atoms with van der Waals surface area (Å²) in [4.78, 5) is 33.1. The Morgan fingerprint density at radius 2 is 1.75 bits per heavy atom. The second kappa shape index (κ2) is 5.16. The van der Waals surface area contributed by atoms with Crippen LogP contribution in [0.25, 0.3) is 0 Å². The molecule has 0 aliphatic rings. The molecular weight excluding hydrogens is 213 g/mol. The molecule has 0 atom stereocenters. The molecule has 4 nitrogen and oxygen atoms in total. The fourth-order valence-electron chi connectivity index (χ4n) is 1.07. The largest absolute Gasteiger partial charge is 0.299 e. The van der Waals surface area contributed by atoms with Crippen molar-refractivity contribution >= 4 is 17.6 Å². The maximum Gasteiger partial charge on any atom is 0.257 e. The number of hydrogen-bond acceptors (Lipinski definition) is 3. The lowest BCUT2D eigenvalue weighted by Crippen LogP contribution is -2.31.